The maximum Gasteiger partial charge on any atom is 0.347 e. The van der Waals surface area contributed by atoms with Gasteiger partial charge in [0.2, 0.25) is 0 Å². The van der Waals surface area contributed by atoms with E-state index in [1.807, 2.05) is 13.8 Å². The van der Waals surface area contributed by atoms with E-state index in [1.165, 1.54) is 62.8 Å². The van der Waals surface area contributed by atoms with Crippen molar-refractivity contribution in [2.24, 2.45) is 0 Å². The highest BCUT2D eigenvalue weighted by molar-refractivity contribution is 5.96. The topological polar surface area (TPSA) is 161 Å². The smallest absolute Gasteiger partial charge is 0.347 e. The van der Waals surface area contributed by atoms with Gasteiger partial charge in [0.05, 0.1) is 50.8 Å². The summed E-state index contributed by atoms with van der Waals surface area (Å²) in [6, 6.07) is 23.1. The molecule has 5 aromatic carbocycles. The standard InChI is InChI=1S/C49H52O14/c1-29-26-42(62-46(50)34-10-14-36(15-11-34)60-48(52)40-20-18-38(27-43(40)56-8)58-24-22-30(2)54-6)32(4)33(5)45(29)63-47(51)35-12-16-37(17-13-35)61-49(53)41-21-19-39(28-44(41)57-9)59-25-23-31(3)55-7/h10-21,26-28,30-31H,22-25H2,1-9H3. The summed E-state index contributed by atoms with van der Waals surface area (Å²) in [4.78, 5) is 52.6. The van der Waals surface area contributed by atoms with Crippen LogP contribution in [0.25, 0.3) is 0 Å². The summed E-state index contributed by atoms with van der Waals surface area (Å²) in [7, 11) is 6.16. The van der Waals surface area contributed by atoms with Crippen LogP contribution < -0.4 is 37.9 Å². The normalized spacial score (nSPS) is 11.8. The van der Waals surface area contributed by atoms with Gasteiger partial charge in [-0.15, -0.1) is 0 Å². The highest BCUT2D eigenvalue weighted by Gasteiger charge is 2.22. The van der Waals surface area contributed by atoms with Gasteiger partial charge in [0.25, 0.3) is 0 Å². The largest absolute Gasteiger partial charge is 0.496 e. The van der Waals surface area contributed by atoms with Crippen molar-refractivity contribution in [2.45, 2.75) is 59.7 Å². The number of hydrogen-bond donors (Lipinski definition) is 0. The minimum absolute atomic E-state index is 0.0460. The molecule has 63 heavy (non-hydrogen) atoms. The first-order chi connectivity index (χ1) is 30.2. The van der Waals surface area contributed by atoms with E-state index in [0.717, 1.165) is 0 Å². The molecular formula is C49H52O14. The van der Waals surface area contributed by atoms with E-state index >= 15 is 0 Å². The number of benzene rings is 5. The zero-order valence-corrected chi connectivity index (χ0v) is 36.9. The average Bonchev–Trinajstić information content (AvgIpc) is 3.29. The van der Waals surface area contributed by atoms with Crippen LogP contribution in [0.2, 0.25) is 0 Å². The molecule has 2 unspecified atom stereocenters. The van der Waals surface area contributed by atoms with E-state index in [2.05, 4.69) is 0 Å². The van der Waals surface area contributed by atoms with Crippen LogP contribution in [0.1, 0.15) is 84.8 Å². The summed E-state index contributed by atoms with van der Waals surface area (Å²) in [5.74, 6) is 0.0218. The highest BCUT2D eigenvalue weighted by atomic mass is 16.6. The Morgan fingerprint density at radius 1 is 0.460 bits per heavy atom. The number of rotatable bonds is 20. The Morgan fingerprint density at radius 2 is 0.873 bits per heavy atom. The van der Waals surface area contributed by atoms with E-state index < -0.39 is 23.9 Å². The summed E-state index contributed by atoms with van der Waals surface area (Å²) >= 11 is 0. The fraction of sp³-hybridized carbons (Fsp3) is 0.306. The molecule has 0 radical (unpaired) electrons. The highest BCUT2D eigenvalue weighted by Crippen LogP contribution is 2.35. The van der Waals surface area contributed by atoms with Gasteiger partial charge in [0.1, 0.15) is 57.1 Å². The first-order valence-electron chi connectivity index (χ1n) is 20.1. The van der Waals surface area contributed by atoms with Crippen molar-refractivity contribution in [1.29, 1.82) is 0 Å². The molecule has 0 heterocycles. The lowest BCUT2D eigenvalue weighted by molar-refractivity contribution is 0.0713. The number of carbonyl (C=O) groups is 4. The molecule has 0 amide bonds. The number of methoxy groups -OCH3 is 4. The molecule has 0 aliphatic heterocycles. The second-order valence-corrected chi connectivity index (χ2v) is 14.5. The lowest BCUT2D eigenvalue weighted by Gasteiger charge is -2.16. The van der Waals surface area contributed by atoms with Crippen molar-refractivity contribution < 1.29 is 66.5 Å². The van der Waals surface area contributed by atoms with E-state index in [-0.39, 0.29) is 63.2 Å². The van der Waals surface area contributed by atoms with Crippen LogP contribution in [0.15, 0.2) is 91.0 Å². The van der Waals surface area contributed by atoms with E-state index in [9.17, 15) is 19.2 Å². The van der Waals surface area contributed by atoms with Crippen LogP contribution in [0, 0.1) is 20.8 Å². The number of carbonyl (C=O) groups excluding carboxylic acids is 4. The molecule has 0 bridgehead atoms. The van der Waals surface area contributed by atoms with Crippen molar-refractivity contribution in [2.75, 3.05) is 41.7 Å². The lowest BCUT2D eigenvalue weighted by Crippen LogP contribution is -2.14. The Labute approximate surface area is 366 Å². The molecule has 0 saturated heterocycles. The molecule has 5 aromatic rings. The van der Waals surface area contributed by atoms with Crippen LogP contribution in [0.3, 0.4) is 0 Å². The third-order valence-corrected chi connectivity index (χ3v) is 10.2. The van der Waals surface area contributed by atoms with Gasteiger partial charge in [0.15, 0.2) is 0 Å². The summed E-state index contributed by atoms with van der Waals surface area (Å²) in [5, 5.41) is 0. The molecular weight excluding hydrogens is 813 g/mol. The minimum Gasteiger partial charge on any atom is -0.496 e. The predicted molar refractivity (Wildman–Crippen MR) is 233 cm³/mol. The quantitative estimate of drug-likeness (QED) is 0.0538. The van der Waals surface area contributed by atoms with Gasteiger partial charge in [-0.2, -0.15) is 0 Å². The molecule has 0 aliphatic rings. The predicted octanol–water partition coefficient (Wildman–Crippen LogP) is 9.11. The van der Waals surface area contributed by atoms with Gasteiger partial charge in [-0.05, 0) is 130 Å². The summed E-state index contributed by atoms with van der Waals surface area (Å²) in [6.45, 7) is 9.97. The van der Waals surface area contributed by atoms with E-state index in [0.29, 0.717) is 60.0 Å². The third kappa shape index (κ3) is 12.6. The molecule has 0 saturated carbocycles. The van der Waals surface area contributed by atoms with Crippen molar-refractivity contribution in [3.8, 4) is 46.0 Å². The van der Waals surface area contributed by atoms with Crippen LogP contribution >= 0.6 is 0 Å². The number of aryl methyl sites for hydroxylation is 1. The molecule has 332 valence electrons. The number of ether oxygens (including phenoxy) is 10. The first kappa shape index (κ1) is 47.2. The maximum absolute atomic E-state index is 13.3. The van der Waals surface area contributed by atoms with Crippen molar-refractivity contribution in [3.63, 3.8) is 0 Å². The summed E-state index contributed by atoms with van der Waals surface area (Å²) in [6.07, 6.45) is 1.48. The molecule has 5 rings (SSSR count). The Kier molecular flexibility index (Phi) is 16.7. The lowest BCUT2D eigenvalue weighted by atomic mass is 10.0. The second kappa shape index (κ2) is 22.3. The van der Waals surface area contributed by atoms with Gasteiger partial charge in [-0.3, -0.25) is 0 Å². The molecule has 2 atom stereocenters. The Morgan fingerprint density at radius 3 is 1.29 bits per heavy atom. The third-order valence-electron chi connectivity index (χ3n) is 10.2. The van der Waals surface area contributed by atoms with Crippen LogP contribution in [0.5, 0.6) is 46.0 Å². The molecule has 14 heteroatoms. The minimum atomic E-state index is -0.655. The van der Waals surface area contributed by atoms with Gasteiger partial charge >= 0.3 is 23.9 Å². The second-order valence-electron chi connectivity index (χ2n) is 14.5. The zero-order chi connectivity index (χ0) is 45.6. The van der Waals surface area contributed by atoms with Gasteiger partial charge < -0.3 is 47.4 Å². The average molecular weight is 865 g/mol. The van der Waals surface area contributed by atoms with Crippen LogP contribution in [-0.2, 0) is 9.47 Å². The van der Waals surface area contributed by atoms with Crippen LogP contribution in [0.4, 0.5) is 0 Å². The Balaban J connectivity index is 1.16. The monoisotopic (exact) mass is 864 g/mol. The Hall–Kier alpha value is -6.90. The first-order valence-corrected chi connectivity index (χ1v) is 20.1. The summed E-state index contributed by atoms with van der Waals surface area (Å²) < 4.78 is 55.5. The molecule has 14 nitrogen and oxygen atoms in total. The molecule has 0 fully saturated rings. The van der Waals surface area contributed by atoms with E-state index in [4.69, 9.17) is 47.4 Å². The number of esters is 4. The zero-order valence-electron chi connectivity index (χ0n) is 36.9. The molecule has 0 spiro atoms. The SMILES string of the molecule is COc1cc(OCCC(C)OC)ccc1C(=O)Oc1ccc(C(=O)Oc2cc(C)c(OC(=O)c3ccc(OC(=O)c4ccc(OCCC(C)OC)cc4OC)cc3)c(C)c2C)cc1. The van der Waals surface area contributed by atoms with Crippen molar-refractivity contribution in [1.82, 2.24) is 0 Å². The Bertz CT molecular complexity index is 2390. The van der Waals surface area contributed by atoms with Crippen molar-refractivity contribution >= 4 is 23.9 Å². The maximum atomic E-state index is 13.3. The van der Waals surface area contributed by atoms with Crippen LogP contribution in [-0.4, -0.2) is 77.7 Å². The van der Waals surface area contributed by atoms with Gasteiger partial charge in [-0.25, -0.2) is 19.2 Å². The number of hydrogen-bond acceptors (Lipinski definition) is 14. The van der Waals surface area contributed by atoms with E-state index in [1.54, 1.807) is 77.5 Å². The van der Waals surface area contributed by atoms with Crippen molar-refractivity contribution in [3.05, 3.63) is 130 Å². The molecule has 0 aliphatic carbocycles. The summed E-state index contributed by atoms with van der Waals surface area (Å²) in [5.41, 5.74) is 2.53. The fourth-order valence-electron chi connectivity index (χ4n) is 6.02. The molecule has 0 aromatic heterocycles. The van der Waals surface area contributed by atoms with Gasteiger partial charge in [-0.1, -0.05) is 0 Å². The fourth-order valence-corrected chi connectivity index (χ4v) is 6.02. The molecule has 0 N–H and O–H groups in total. The van der Waals surface area contributed by atoms with Gasteiger partial charge in [0, 0.05) is 39.2 Å².